The van der Waals surface area contributed by atoms with Gasteiger partial charge in [0.2, 0.25) is 0 Å². The summed E-state index contributed by atoms with van der Waals surface area (Å²) in [5.41, 5.74) is 3.44. The van der Waals surface area contributed by atoms with Crippen molar-refractivity contribution < 1.29 is 14.3 Å². The third-order valence-electron chi connectivity index (χ3n) is 4.06. The number of nitrogens with one attached hydrogen (secondary N) is 2. The molecule has 0 saturated carbocycles. The van der Waals surface area contributed by atoms with Crippen LogP contribution in [-0.2, 0) is 22.5 Å². The van der Waals surface area contributed by atoms with Gasteiger partial charge in [0.05, 0.1) is 13.7 Å². The maximum absolute atomic E-state index is 12.2. The van der Waals surface area contributed by atoms with Crippen LogP contribution in [0.3, 0.4) is 0 Å². The Morgan fingerprint density at radius 1 is 1.36 bits per heavy atom. The van der Waals surface area contributed by atoms with Gasteiger partial charge in [0, 0.05) is 23.1 Å². The minimum Gasteiger partial charge on any atom is -0.467 e. The fourth-order valence-corrected chi connectivity index (χ4v) is 2.88. The zero-order valence-electron chi connectivity index (χ0n) is 12.7. The van der Waals surface area contributed by atoms with Gasteiger partial charge in [-0.15, -0.1) is 0 Å². The topological polar surface area (TPSA) is 74.4 Å². The lowest BCUT2D eigenvalue weighted by molar-refractivity contribution is -0.142. The van der Waals surface area contributed by atoms with E-state index in [2.05, 4.69) is 21.1 Å². The van der Waals surface area contributed by atoms with Crippen LogP contribution in [-0.4, -0.2) is 41.6 Å². The second kappa shape index (κ2) is 5.71. The highest BCUT2D eigenvalue weighted by molar-refractivity contribution is 5.86. The molecule has 22 heavy (non-hydrogen) atoms. The molecule has 3 rings (SSSR count). The largest absolute Gasteiger partial charge is 0.467 e. The van der Waals surface area contributed by atoms with E-state index in [1.165, 1.54) is 18.1 Å². The third kappa shape index (κ3) is 2.52. The van der Waals surface area contributed by atoms with Gasteiger partial charge in [-0.3, -0.25) is 0 Å². The summed E-state index contributed by atoms with van der Waals surface area (Å²) >= 11 is 0. The molecule has 0 aliphatic carbocycles. The predicted octanol–water partition coefficient (Wildman–Crippen LogP) is 1.80. The monoisotopic (exact) mass is 301 g/mol. The normalized spacial score (nSPS) is 15.3. The lowest BCUT2D eigenvalue weighted by Gasteiger charge is -2.28. The molecule has 116 valence electrons. The number of amides is 2. The number of ether oxygens (including phenoxy) is 1. The number of hydrogen-bond acceptors (Lipinski definition) is 3. The van der Waals surface area contributed by atoms with E-state index in [0.29, 0.717) is 13.1 Å². The SMILES string of the molecule is COC(=O)[C@H](C)NC(=O)N1CCc2c([nH]c3ccccc23)C1. The average Bonchev–Trinajstić information content (AvgIpc) is 2.91. The Kier molecular flexibility index (Phi) is 3.75. The van der Waals surface area contributed by atoms with Crippen molar-refractivity contribution in [3.8, 4) is 0 Å². The van der Waals surface area contributed by atoms with Gasteiger partial charge < -0.3 is 19.9 Å². The van der Waals surface area contributed by atoms with Gasteiger partial charge in [-0.05, 0) is 25.0 Å². The van der Waals surface area contributed by atoms with Crippen LogP contribution >= 0.6 is 0 Å². The lowest BCUT2D eigenvalue weighted by atomic mass is 10.0. The molecule has 6 nitrogen and oxygen atoms in total. The number of aromatic nitrogens is 1. The lowest BCUT2D eigenvalue weighted by Crippen LogP contribution is -2.48. The molecule has 0 bridgehead atoms. The molecule has 2 heterocycles. The van der Waals surface area contributed by atoms with Gasteiger partial charge in [0.25, 0.3) is 0 Å². The van der Waals surface area contributed by atoms with Gasteiger partial charge >= 0.3 is 12.0 Å². The minimum absolute atomic E-state index is 0.248. The van der Waals surface area contributed by atoms with Crippen molar-refractivity contribution in [1.29, 1.82) is 0 Å². The fourth-order valence-electron chi connectivity index (χ4n) is 2.88. The van der Waals surface area contributed by atoms with E-state index < -0.39 is 12.0 Å². The molecule has 0 saturated heterocycles. The van der Waals surface area contributed by atoms with Gasteiger partial charge in [-0.25, -0.2) is 9.59 Å². The van der Waals surface area contributed by atoms with Gasteiger partial charge in [-0.1, -0.05) is 18.2 Å². The highest BCUT2D eigenvalue weighted by atomic mass is 16.5. The average molecular weight is 301 g/mol. The summed E-state index contributed by atoms with van der Waals surface area (Å²) in [5.74, 6) is -0.448. The summed E-state index contributed by atoms with van der Waals surface area (Å²) in [7, 11) is 1.31. The summed E-state index contributed by atoms with van der Waals surface area (Å²) in [6, 6.07) is 7.25. The van der Waals surface area contributed by atoms with Crippen molar-refractivity contribution in [2.45, 2.75) is 25.9 Å². The number of rotatable bonds is 2. The van der Waals surface area contributed by atoms with Crippen LogP contribution in [0.5, 0.6) is 0 Å². The summed E-state index contributed by atoms with van der Waals surface area (Å²) in [6.45, 7) is 2.76. The van der Waals surface area contributed by atoms with Crippen molar-refractivity contribution in [3.05, 3.63) is 35.5 Å². The number of urea groups is 1. The van der Waals surface area contributed by atoms with Crippen LogP contribution in [0.2, 0.25) is 0 Å². The molecular weight excluding hydrogens is 282 g/mol. The molecule has 6 heteroatoms. The van der Waals surface area contributed by atoms with Crippen LogP contribution in [0.4, 0.5) is 4.79 Å². The third-order valence-corrected chi connectivity index (χ3v) is 4.06. The second-order valence-corrected chi connectivity index (χ2v) is 5.49. The Hall–Kier alpha value is -2.50. The summed E-state index contributed by atoms with van der Waals surface area (Å²) < 4.78 is 4.62. The van der Waals surface area contributed by atoms with Crippen molar-refractivity contribution in [3.63, 3.8) is 0 Å². The minimum atomic E-state index is -0.651. The predicted molar refractivity (Wildman–Crippen MR) is 82.4 cm³/mol. The molecule has 0 radical (unpaired) electrons. The summed E-state index contributed by atoms with van der Waals surface area (Å²) in [4.78, 5) is 28.7. The number of carbonyl (C=O) groups is 2. The molecule has 0 spiro atoms. The summed E-state index contributed by atoms with van der Waals surface area (Å²) in [6.07, 6.45) is 0.805. The Bertz CT molecular complexity index is 722. The molecule has 1 atom stereocenters. The first-order valence-electron chi connectivity index (χ1n) is 7.32. The van der Waals surface area contributed by atoms with Gasteiger partial charge in [0.15, 0.2) is 0 Å². The van der Waals surface area contributed by atoms with Crippen molar-refractivity contribution >= 4 is 22.9 Å². The standard InChI is InChI=1S/C16H19N3O3/c1-10(15(20)22-2)17-16(21)19-8-7-12-11-5-3-4-6-13(11)18-14(12)9-19/h3-6,10,18H,7-9H2,1-2H3,(H,17,21)/t10-/m0/s1. The second-order valence-electron chi connectivity index (χ2n) is 5.49. The maximum Gasteiger partial charge on any atom is 0.328 e. The fraction of sp³-hybridized carbons (Fsp3) is 0.375. The van der Waals surface area contributed by atoms with E-state index in [4.69, 9.17) is 0 Å². The Morgan fingerprint density at radius 2 is 2.14 bits per heavy atom. The van der Waals surface area contributed by atoms with E-state index in [1.54, 1.807) is 11.8 Å². The Labute approximate surface area is 128 Å². The molecular formula is C16H19N3O3. The van der Waals surface area contributed by atoms with E-state index in [0.717, 1.165) is 17.6 Å². The quantitative estimate of drug-likeness (QED) is 0.831. The van der Waals surface area contributed by atoms with Crippen LogP contribution in [0.1, 0.15) is 18.2 Å². The number of hydrogen-bond donors (Lipinski definition) is 2. The molecule has 0 unspecified atom stereocenters. The zero-order valence-corrected chi connectivity index (χ0v) is 12.7. The molecule has 1 aliphatic rings. The molecule has 2 N–H and O–H groups in total. The zero-order chi connectivity index (χ0) is 15.7. The highest BCUT2D eigenvalue weighted by Gasteiger charge is 2.25. The van der Waals surface area contributed by atoms with Crippen molar-refractivity contribution in [2.75, 3.05) is 13.7 Å². The molecule has 1 aliphatic heterocycles. The number of esters is 1. The molecule has 0 fully saturated rings. The number of aromatic amines is 1. The number of benzene rings is 1. The van der Waals surface area contributed by atoms with Crippen molar-refractivity contribution in [2.24, 2.45) is 0 Å². The first kappa shape index (κ1) is 14.4. The van der Waals surface area contributed by atoms with Crippen LogP contribution in [0.25, 0.3) is 10.9 Å². The number of H-pyrrole nitrogens is 1. The van der Waals surface area contributed by atoms with E-state index in [1.807, 2.05) is 18.2 Å². The van der Waals surface area contributed by atoms with Crippen molar-refractivity contribution in [1.82, 2.24) is 15.2 Å². The number of nitrogens with zero attached hydrogens (tertiary/aromatic N) is 1. The van der Waals surface area contributed by atoms with Crippen LogP contribution in [0.15, 0.2) is 24.3 Å². The number of carbonyl (C=O) groups excluding carboxylic acids is 2. The van der Waals surface area contributed by atoms with Crippen LogP contribution < -0.4 is 5.32 Å². The van der Waals surface area contributed by atoms with Gasteiger partial charge in [0.1, 0.15) is 6.04 Å². The number of fused-ring (bicyclic) bond motifs is 3. The molecule has 2 aromatic rings. The smallest absolute Gasteiger partial charge is 0.328 e. The van der Waals surface area contributed by atoms with E-state index in [-0.39, 0.29) is 6.03 Å². The first-order chi connectivity index (χ1) is 10.6. The van der Waals surface area contributed by atoms with Crippen LogP contribution in [0, 0.1) is 0 Å². The van der Waals surface area contributed by atoms with E-state index >= 15 is 0 Å². The Balaban J connectivity index is 1.74. The summed E-state index contributed by atoms with van der Waals surface area (Å²) in [5, 5.41) is 3.89. The highest BCUT2D eigenvalue weighted by Crippen LogP contribution is 2.27. The molecule has 1 aromatic carbocycles. The molecule has 2 amide bonds. The molecule has 1 aromatic heterocycles. The first-order valence-corrected chi connectivity index (χ1v) is 7.32. The van der Waals surface area contributed by atoms with Gasteiger partial charge in [-0.2, -0.15) is 0 Å². The number of para-hydroxylation sites is 1. The maximum atomic E-state index is 12.2. The number of methoxy groups -OCH3 is 1. The van der Waals surface area contributed by atoms with E-state index in [9.17, 15) is 9.59 Å². The Morgan fingerprint density at radius 3 is 2.91 bits per heavy atom.